The Labute approximate surface area is 124 Å². The van der Waals surface area contributed by atoms with Crippen LogP contribution in [0, 0.1) is 0 Å². The first-order chi connectivity index (χ1) is 7.86. The van der Waals surface area contributed by atoms with Gasteiger partial charge in [0.05, 0.1) is 5.69 Å². The molecule has 1 aromatic heterocycles. The average molecular weight is 309 g/mol. The summed E-state index contributed by atoms with van der Waals surface area (Å²) in [6.07, 6.45) is 1.72. The molecular weight excluding hydrogens is 291 g/mol. The zero-order valence-electron chi connectivity index (χ0n) is 10.3. The molecule has 7 heteroatoms. The number of anilines is 1. The number of fused-ring (bicyclic) bond motifs is 1. The Morgan fingerprint density at radius 3 is 2.72 bits per heavy atom. The number of halogens is 2. The summed E-state index contributed by atoms with van der Waals surface area (Å²) < 4.78 is 0. The molecule has 1 N–H and O–H groups in total. The van der Waals surface area contributed by atoms with Crippen molar-refractivity contribution in [1.82, 2.24) is 15.3 Å². The van der Waals surface area contributed by atoms with Crippen molar-refractivity contribution in [2.24, 2.45) is 0 Å². The van der Waals surface area contributed by atoms with Gasteiger partial charge >= 0.3 is 0 Å². The lowest BCUT2D eigenvalue weighted by molar-refractivity contribution is 0.582. The van der Waals surface area contributed by atoms with Crippen molar-refractivity contribution in [2.75, 3.05) is 31.1 Å². The minimum atomic E-state index is 0. The number of aromatic nitrogens is 2. The maximum Gasteiger partial charge on any atom is 0.136 e. The summed E-state index contributed by atoms with van der Waals surface area (Å²) in [5.74, 6) is 2.21. The Kier molecular flexibility index (Phi) is 5.98. The van der Waals surface area contributed by atoms with Gasteiger partial charge in [0.25, 0.3) is 0 Å². The topological polar surface area (TPSA) is 41.1 Å². The van der Waals surface area contributed by atoms with E-state index in [9.17, 15) is 0 Å². The number of piperazine rings is 1. The molecular formula is C11H18Cl2N4S. The second-order valence-electron chi connectivity index (χ2n) is 4.25. The molecule has 18 heavy (non-hydrogen) atoms. The Hall–Kier alpha value is -0.230. The van der Waals surface area contributed by atoms with Crippen LogP contribution >= 0.6 is 36.6 Å². The summed E-state index contributed by atoms with van der Waals surface area (Å²) in [7, 11) is 0. The van der Waals surface area contributed by atoms with E-state index in [-0.39, 0.29) is 24.8 Å². The first-order valence-corrected chi connectivity index (χ1v) is 6.82. The first kappa shape index (κ1) is 15.8. The third-order valence-electron chi connectivity index (χ3n) is 3.24. The summed E-state index contributed by atoms with van der Waals surface area (Å²) in [6, 6.07) is 0. The van der Waals surface area contributed by atoms with Crippen LogP contribution in [0.2, 0.25) is 0 Å². The molecule has 2 aliphatic heterocycles. The maximum atomic E-state index is 4.50. The van der Waals surface area contributed by atoms with Gasteiger partial charge in [0.1, 0.15) is 12.1 Å². The van der Waals surface area contributed by atoms with Crippen LogP contribution in [0.15, 0.2) is 6.33 Å². The fourth-order valence-corrected chi connectivity index (χ4v) is 3.41. The molecule has 1 fully saturated rings. The molecule has 1 unspecified atom stereocenters. The van der Waals surface area contributed by atoms with Crippen LogP contribution in [0.3, 0.4) is 0 Å². The summed E-state index contributed by atoms with van der Waals surface area (Å²) in [6.45, 7) is 6.48. The van der Waals surface area contributed by atoms with Gasteiger partial charge in [-0.2, -0.15) is 0 Å². The van der Waals surface area contributed by atoms with Gasteiger partial charge in [-0.3, -0.25) is 0 Å². The Morgan fingerprint density at radius 1 is 1.28 bits per heavy atom. The van der Waals surface area contributed by atoms with Crippen molar-refractivity contribution in [2.45, 2.75) is 17.9 Å². The van der Waals surface area contributed by atoms with Crippen LogP contribution in [0.25, 0.3) is 0 Å². The zero-order chi connectivity index (χ0) is 11.0. The van der Waals surface area contributed by atoms with Crippen LogP contribution in [0.4, 0.5) is 5.82 Å². The quantitative estimate of drug-likeness (QED) is 0.860. The molecule has 0 radical (unpaired) electrons. The van der Waals surface area contributed by atoms with E-state index in [1.807, 2.05) is 11.8 Å². The molecule has 0 amide bonds. The van der Waals surface area contributed by atoms with E-state index < -0.39 is 0 Å². The Bertz CT molecular complexity index is 399. The smallest absolute Gasteiger partial charge is 0.136 e. The average Bonchev–Trinajstić information content (AvgIpc) is 2.73. The predicted molar refractivity (Wildman–Crippen MR) is 81.3 cm³/mol. The van der Waals surface area contributed by atoms with Gasteiger partial charge in [0.15, 0.2) is 0 Å². The molecule has 0 spiro atoms. The monoisotopic (exact) mass is 308 g/mol. The second kappa shape index (κ2) is 6.80. The number of hydrogen-bond acceptors (Lipinski definition) is 5. The summed E-state index contributed by atoms with van der Waals surface area (Å²) >= 11 is 1.96. The molecule has 3 heterocycles. The van der Waals surface area contributed by atoms with Crippen molar-refractivity contribution >= 4 is 42.4 Å². The lowest BCUT2D eigenvalue weighted by atomic mass is 10.1. The standard InChI is InChI=1S/C11H16N4S.2ClH/c1-8-10-9(6-16-8)13-7-14-11(10)15-4-2-12-3-5-15;;/h7-8,12H,2-6H2,1H3;2*1H. The number of nitrogens with one attached hydrogen (secondary N) is 1. The Balaban J connectivity index is 0.000000810. The van der Waals surface area contributed by atoms with Gasteiger partial charge in [-0.15, -0.1) is 36.6 Å². The van der Waals surface area contributed by atoms with Gasteiger partial charge in [-0.25, -0.2) is 9.97 Å². The van der Waals surface area contributed by atoms with E-state index in [0.29, 0.717) is 5.25 Å². The van der Waals surface area contributed by atoms with Crippen LogP contribution in [0.5, 0.6) is 0 Å². The lowest BCUT2D eigenvalue weighted by Gasteiger charge is -2.30. The highest BCUT2D eigenvalue weighted by Gasteiger charge is 2.27. The normalized spacial score (nSPS) is 21.8. The number of hydrogen-bond donors (Lipinski definition) is 1. The third kappa shape index (κ3) is 2.85. The summed E-state index contributed by atoms with van der Waals surface area (Å²) in [5, 5.41) is 3.92. The Morgan fingerprint density at radius 2 is 2.00 bits per heavy atom. The van der Waals surface area contributed by atoms with E-state index in [1.165, 1.54) is 17.1 Å². The molecule has 2 aliphatic rings. The molecule has 1 saturated heterocycles. The number of rotatable bonds is 1. The highest BCUT2D eigenvalue weighted by atomic mass is 35.5. The van der Waals surface area contributed by atoms with Gasteiger partial charge in [0.2, 0.25) is 0 Å². The molecule has 1 atom stereocenters. The third-order valence-corrected chi connectivity index (χ3v) is 4.41. The molecule has 102 valence electrons. The molecule has 0 saturated carbocycles. The van der Waals surface area contributed by atoms with Gasteiger partial charge in [-0.1, -0.05) is 0 Å². The van der Waals surface area contributed by atoms with Crippen molar-refractivity contribution in [3.05, 3.63) is 17.6 Å². The van der Waals surface area contributed by atoms with Gasteiger partial charge in [-0.05, 0) is 6.92 Å². The number of thioether (sulfide) groups is 1. The lowest BCUT2D eigenvalue weighted by Crippen LogP contribution is -2.44. The summed E-state index contributed by atoms with van der Waals surface area (Å²) in [5.41, 5.74) is 2.61. The fraction of sp³-hybridized carbons (Fsp3) is 0.636. The SMILES string of the molecule is CC1SCc2ncnc(N3CCNCC3)c21.Cl.Cl. The van der Waals surface area contributed by atoms with E-state index in [0.717, 1.165) is 31.9 Å². The molecule has 1 aromatic rings. The van der Waals surface area contributed by atoms with Crippen LogP contribution < -0.4 is 10.2 Å². The highest BCUT2D eigenvalue weighted by Crippen LogP contribution is 2.43. The zero-order valence-corrected chi connectivity index (χ0v) is 12.7. The van der Waals surface area contributed by atoms with Crippen LogP contribution in [-0.4, -0.2) is 36.1 Å². The van der Waals surface area contributed by atoms with E-state index >= 15 is 0 Å². The molecule has 0 aliphatic carbocycles. The van der Waals surface area contributed by atoms with Crippen molar-refractivity contribution in [3.8, 4) is 0 Å². The second-order valence-corrected chi connectivity index (χ2v) is 5.58. The van der Waals surface area contributed by atoms with Gasteiger partial charge < -0.3 is 10.2 Å². The van der Waals surface area contributed by atoms with E-state index in [4.69, 9.17) is 0 Å². The molecule has 4 nitrogen and oxygen atoms in total. The van der Waals surface area contributed by atoms with E-state index in [2.05, 4.69) is 27.1 Å². The van der Waals surface area contributed by atoms with Crippen LogP contribution in [-0.2, 0) is 5.75 Å². The summed E-state index contributed by atoms with van der Waals surface area (Å²) in [4.78, 5) is 11.3. The maximum absolute atomic E-state index is 4.50. The number of nitrogens with zero attached hydrogens (tertiary/aromatic N) is 3. The first-order valence-electron chi connectivity index (χ1n) is 5.77. The van der Waals surface area contributed by atoms with Gasteiger partial charge in [0, 0.05) is 42.7 Å². The van der Waals surface area contributed by atoms with Crippen LogP contribution in [0.1, 0.15) is 23.4 Å². The molecule has 0 bridgehead atoms. The molecule has 3 rings (SSSR count). The molecule has 0 aromatic carbocycles. The van der Waals surface area contributed by atoms with Crippen molar-refractivity contribution in [1.29, 1.82) is 0 Å². The minimum Gasteiger partial charge on any atom is -0.354 e. The predicted octanol–water partition coefficient (Wildman–Crippen LogP) is 2.04. The fourth-order valence-electron chi connectivity index (χ4n) is 2.37. The largest absolute Gasteiger partial charge is 0.354 e. The van der Waals surface area contributed by atoms with Crippen molar-refractivity contribution in [3.63, 3.8) is 0 Å². The van der Waals surface area contributed by atoms with Crippen molar-refractivity contribution < 1.29 is 0 Å². The highest BCUT2D eigenvalue weighted by molar-refractivity contribution is 7.99. The van der Waals surface area contributed by atoms with E-state index in [1.54, 1.807) is 6.33 Å². The minimum absolute atomic E-state index is 0.